The first-order valence-corrected chi connectivity index (χ1v) is 10.4. The topological polar surface area (TPSA) is 88.9 Å². The molecule has 0 aliphatic heterocycles. The Bertz CT molecular complexity index is 987. The molecule has 0 bridgehead atoms. The summed E-state index contributed by atoms with van der Waals surface area (Å²) in [5.74, 6) is 1.04. The number of rotatable bonds is 7. The van der Waals surface area contributed by atoms with Crippen LogP contribution in [0.4, 0.5) is 4.79 Å². The molecule has 0 atom stereocenters. The third-order valence-corrected chi connectivity index (χ3v) is 5.27. The fourth-order valence-corrected chi connectivity index (χ4v) is 3.48. The number of carbonyl (C=O) groups is 2. The van der Waals surface area contributed by atoms with Gasteiger partial charge in [-0.15, -0.1) is 5.10 Å². The Morgan fingerprint density at radius 2 is 1.72 bits per heavy atom. The summed E-state index contributed by atoms with van der Waals surface area (Å²) in [6.07, 6.45) is 2.22. The van der Waals surface area contributed by atoms with Gasteiger partial charge in [-0.2, -0.15) is 0 Å². The van der Waals surface area contributed by atoms with Crippen molar-refractivity contribution in [3.05, 3.63) is 72.1 Å². The maximum atomic E-state index is 12.1. The zero-order chi connectivity index (χ0) is 20.1. The summed E-state index contributed by atoms with van der Waals surface area (Å²) in [4.78, 5) is 28.6. The second kappa shape index (κ2) is 8.91. The van der Waals surface area contributed by atoms with E-state index >= 15 is 0 Å². The minimum Gasteiger partial charge on any atom is -0.334 e. The Kier molecular flexibility index (Phi) is 5.90. The van der Waals surface area contributed by atoms with E-state index in [0.29, 0.717) is 17.6 Å². The summed E-state index contributed by atoms with van der Waals surface area (Å²) in [6.45, 7) is 0.362. The Balaban J connectivity index is 1.31. The van der Waals surface area contributed by atoms with Crippen LogP contribution in [-0.2, 0) is 11.3 Å². The fourth-order valence-electron chi connectivity index (χ4n) is 2.85. The van der Waals surface area contributed by atoms with Gasteiger partial charge in [-0.1, -0.05) is 60.3 Å². The van der Waals surface area contributed by atoms with Crippen LogP contribution in [0.2, 0.25) is 0 Å². The van der Waals surface area contributed by atoms with Crippen molar-refractivity contribution in [2.24, 2.45) is 0 Å². The van der Waals surface area contributed by atoms with Crippen molar-refractivity contribution in [3.8, 4) is 5.69 Å². The van der Waals surface area contributed by atoms with E-state index in [1.807, 2.05) is 65.3 Å². The molecule has 8 heteroatoms. The van der Waals surface area contributed by atoms with Crippen LogP contribution in [0.25, 0.3) is 5.69 Å². The monoisotopic (exact) mass is 407 g/mol. The molecule has 1 aliphatic carbocycles. The lowest BCUT2D eigenvalue weighted by Crippen LogP contribution is -2.39. The van der Waals surface area contributed by atoms with Crippen LogP contribution in [0.3, 0.4) is 0 Å². The van der Waals surface area contributed by atoms with Gasteiger partial charge < -0.3 is 5.32 Å². The van der Waals surface area contributed by atoms with Crippen LogP contribution >= 0.6 is 11.8 Å². The number of urea groups is 1. The molecule has 2 N–H and O–H groups in total. The van der Waals surface area contributed by atoms with E-state index in [0.717, 1.165) is 29.9 Å². The van der Waals surface area contributed by atoms with Crippen molar-refractivity contribution >= 4 is 23.7 Å². The normalized spacial score (nSPS) is 13.1. The van der Waals surface area contributed by atoms with E-state index in [4.69, 9.17) is 0 Å². The van der Waals surface area contributed by atoms with E-state index in [2.05, 4.69) is 20.7 Å². The highest BCUT2D eigenvalue weighted by Crippen LogP contribution is 2.40. The van der Waals surface area contributed by atoms with Gasteiger partial charge in [0, 0.05) is 12.5 Å². The largest absolute Gasteiger partial charge is 0.334 e. The molecule has 1 fully saturated rings. The number of para-hydroxylation sites is 1. The molecule has 4 rings (SSSR count). The highest BCUT2D eigenvalue weighted by Gasteiger charge is 2.30. The van der Waals surface area contributed by atoms with Crippen molar-refractivity contribution in [3.63, 3.8) is 0 Å². The smallest absolute Gasteiger partial charge is 0.321 e. The number of amides is 3. The number of aromatic nitrogens is 3. The van der Waals surface area contributed by atoms with E-state index < -0.39 is 6.03 Å². The van der Waals surface area contributed by atoms with Gasteiger partial charge in [0.2, 0.25) is 11.1 Å². The van der Waals surface area contributed by atoms with Crippen molar-refractivity contribution < 1.29 is 9.59 Å². The number of nitrogens with one attached hydrogen (secondary N) is 2. The number of carbonyl (C=O) groups excluding carboxylic acids is 2. The maximum absolute atomic E-state index is 12.1. The molecule has 148 valence electrons. The van der Waals surface area contributed by atoms with Crippen molar-refractivity contribution in [1.82, 2.24) is 25.4 Å². The quantitative estimate of drug-likeness (QED) is 0.587. The first kappa shape index (κ1) is 19.2. The highest BCUT2D eigenvalue weighted by atomic mass is 32.2. The van der Waals surface area contributed by atoms with Gasteiger partial charge in [0.05, 0.1) is 11.4 Å². The Labute approximate surface area is 172 Å². The van der Waals surface area contributed by atoms with Gasteiger partial charge in [-0.05, 0) is 30.5 Å². The summed E-state index contributed by atoms with van der Waals surface area (Å²) < 4.78 is 1.85. The standard InChI is InChI=1S/C21H21N5O2S/c27-18(23-20(28)22-13-15-7-3-1-4-8-15)14-29-21-24-19(16-11-12-16)26(25-21)17-9-5-2-6-10-17/h1-10,16H,11-14H2,(H2,22,23,27,28). The molecule has 0 spiro atoms. The van der Waals surface area contributed by atoms with E-state index in [1.165, 1.54) is 11.8 Å². The third kappa shape index (κ3) is 5.23. The molecule has 2 aromatic carbocycles. The second-order valence-electron chi connectivity index (χ2n) is 6.78. The summed E-state index contributed by atoms with van der Waals surface area (Å²) in [6, 6.07) is 18.9. The van der Waals surface area contributed by atoms with Crippen LogP contribution < -0.4 is 10.6 Å². The lowest BCUT2D eigenvalue weighted by atomic mass is 10.2. The minimum absolute atomic E-state index is 0.0711. The molecule has 0 saturated heterocycles. The summed E-state index contributed by atoms with van der Waals surface area (Å²) in [5.41, 5.74) is 1.92. The van der Waals surface area contributed by atoms with Crippen LogP contribution in [-0.4, -0.2) is 32.5 Å². The van der Waals surface area contributed by atoms with Crippen LogP contribution in [0.1, 0.15) is 30.1 Å². The number of nitrogens with zero attached hydrogens (tertiary/aromatic N) is 3. The first-order chi connectivity index (χ1) is 14.2. The molecule has 0 unspecified atom stereocenters. The van der Waals surface area contributed by atoms with Gasteiger partial charge in [0.15, 0.2) is 0 Å². The molecule has 3 aromatic rings. The van der Waals surface area contributed by atoms with Gasteiger partial charge >= 0.3 is 6.03 Å². The van der Waals surface area contributed by atoms with Crippen molar-refractivity contribution in [2.75, 3.05) is 5.75 Å². The lowest BCUT2D eigenvalue weighted by molar-refractivity contribution is -0.117. The molecule has 1 aromatic heterocycles. The van der Waals surface area contributed by atoms with Crippen LogP contribution in [0.5, 0.6) is 0 Å². The van der Waals surface area contributed by atoms with Crippen LogP contribution in [0, 0.1) is 0 Å². The summed E-state index contributed by atoms with van der Waals surface area (Å²) in [5, 5.41) is 10.1. The van der Waals surface area contributed by atoms with E-state index in [1.54, 1.807) is 0 Å². The number of imide groups is 1. The third-order valence-electron chi connectivity index (χ3n) is 4.44. The van der Waals surface area contributed by atoms with Gasteiger partial charge in [0.1, 0.15) is 5.82 Å². The first-order valence-electron chi connectivity index (χ1n) is 9.46. The molecule has 3 amide bonds. The molecule has 1 aliphatic rings. The van der Waals surface area contributed by atoms with Crippen molar-refractivity contribution in [1.29, 1.82) is 0 Å². The Morgan fingerprint density at radius 3 is 2.41 bits per heavy atom. The Hall–Kier alpha value is -3.13. The van der Waals surface area contributed by atoms with Crippen LogP contribution in [0.15, 0.2) is 65.8 Å². The average molecular weight is 407 g/mol. The SMILES string of the molecule is O=C(CSc1nc(C2CC2)n(-c2ccccc2)n1)NC(=O)NCc1ccccc1. The molecular weight excluding hydrogens is 386 g/mol. The van der Waals surface area contributed by atoms with Gasteiger partial charge in [0.25, 0.3) is 0 Å². The predicted molar refractivity (Wildman–Crippen MR) is 111 cm³/mol. The number of benzene rings is 2. The molecular formula is C21H21N5O2S. The zero-order valence-electron chi connectivity index (χ0n) is 15.7. The van der Waals surface area contributed by atoms with E-state index in [9.17, 15) is 9.59 Å². The minimum atomic E-state index is -0.513. The number of hydrogen-bond donors (Lipinski definition) is 2. The van der Waals surface area contributed by atoms with E-state index in [-0.39, 0.29) is 11.7 Å². The highest BCUT2D eigenvalue weighted by molar-refractivity contribution is 7.99. The molecule has 29 heavy (non-hydrogen) atoms. The zero-order valence-corrected chi connectivity index (χ0v) is 16.6. The van der Waals surface area contributed by atoms with Gasteiger partial charge in [-0.25, -0.2) is 14.5 Å². The average Bonchev–Trinajstić information content (AvgIpc) is 3.51. The maximum Gasteiger partial charge on any atom is 0.321 e. The molecule has 1 heterocycles. The van der Waals surface area contributed by atoms with Gasteiger partial charge in [-0.3, -0.25) is 10.1 Å². The fraction of sp³-hybridized carbons (Fsp3) is 0.238. The van der Waals surface area contributed by atoms with Crippen molar-refractivity contribution in [2.45, 2.75) is 30.5 Å². The molecule has 1 saturated carbocycles. The lowest BCUT2D eigenvalue weighted by Gasteiger charge is -2.06. The predicted octanol–water partition coefficient (Wildman–Crippen LogP) is 3.26. The number of hydrogen-bond acceptors (Lipinski definition) is 5. The second-order valence-corrected chi connectivity index (χ2v) is 7.72. The summed E-state index contributed by atoms with van der Waals surface area (Å²) in [7, 11) is 0. The molecule has 7 nitrogen and oxygen atoms in total. The summed E-state index contributed by atoms with van der Waals surface area (Å²) >= 11 is 1.22. The Morgan fingerprint density at radius 1 is 1.03 bits per heavy atom. The number of thioether (sulfide) groups is 1. The molecule has 0 radical (unpaired) electrons.